The van der Waals surface area contributed by atoms with Crippen LogP contribution in [-0.2, 0) is 13.1 Å². The largest absolute Gasteiger partial charge is 0.348 e. The smallest absolute Gasteiger partial charge is 0.251 e. The molecule has 0 spiro atoms. The van der Waals surface area contributed by atoms with E-state index in [2.05, 4.69) is 42.5 Å². The van der Waals surface area contributed by atoms with E-state index in [0.29, 0.717) is 24.2 Å². The lowest BCUT2D eigenvalue weighted by Gasteiger charge is -2.09. The lowest BCUT2D eigenvalue weighted by molar-refractivity contribution is 0.0943. The third-order valence-corrected chi connectivity index (χ3v) is 5.17. The van der Waals surface area contributed by atoms with Crippen molar-refractivity contribution in [1.29, 1.82) is 0 Å². The van der Waals surface area contributed by atoms with Gasteiger partial charge in [-0.3, -0.25) is 9.59 Å². The molecule has 0 aromatic heterocycles. The molecule has 0 unspecified atom stereocenters. The number of benzene rings is 3. The van der Waals surface area contributed by atoms with E-state index in [0.717, 1.165) is 20.1 Å². The molecule has 0 saturated heterocycles. The van der Waals surface area contributed by atoms with Crippen LogP contribution in [0.25, 0.3) is 0 Å². The molecular weight excluding hydrogens is 484 g/mol. The predicted molar refractivity (Wildman–Crippen MR) is 117 cm³/mol. The van der Waals surface area contributed by atoms with Gasteiger partial charge < -0.3 is 10.6 Å². The maximum Gasteiger partial charge on any atom is 0.251 e. The predicted octanol–water partition coefficient (Wildman–Crippen LogP) is 5.07. The van der Waals surface area contributed by atoms with E-state index in [1.807, 2.05) is 48.5 Å². The Kier molecular flexibility index (Phi) is 7.01. The number of rotatable bonds is 6. The molecule has 28 heavy (non-hydrogen) atoms. The number of carbonyl (C=O) groups excluding carboxylic acids is 2. The molecule has 2 N–H and O–H groups in total. The van der Waals surface area contributed by atoms with Crippen LogP contribution in [0.2, 0.25) is 0 Å². The first-order valence-corrected chi connectivity index (χ1v) is 10.3. The fraction of sp³-hybridized carbons (Fsp3) is 0.0909. The second-order valence-corrected chi connectivity index (χ2v) is 8.03. The number of carbonyl (C=O) groups is 2. The number of halogens is 2. The summed E-state index contributed by atoms with van der Waals surface area (Å²) in [5.41, 5.74) is 3.17. The van der Waals surface area contributed by atoms with Crippen LogP contribution >= 0.6 is 31.9 Å². The summed E-state index contributed by atoms with van der Waals surface area (Å²) in [7, 11) is 0. The molecule has 0 saturated carbocycles. The highest BCUT2D eigenvalue weighted by Gasteiger charge is 2.07. The Bertz CT molecular complexity index is 894. The zero-order valence-corrected chi connectivity index (χ0v) is 18.1. The van der Waals surface area contributed by atoms with Crippen molar-refractivity contribution in [3.63, 3.8) is 0 Å². The highest BCUT2D eigenvalue weighted by atomic mass is 79.9. The van der Waals surface area contributed by atoms with Crippen LogP contribution in [0, 0.1) is 0 Å². The van der Waals surface area contributed by atoms with Gasteiger partial charge in [0.2, 0.25) is 0 Å². The molecule has 0 heterocycles. The summed E-state index contributed by atoms with van der Waals surface area (Å²) in [6.45, 7) is 0.840. The van der Waals surface area contributed by atoms with Gasteiger partial charge in [-0.2, -0.15) is 0 Å². The van der Waals surface area contributed by atoms with E-state index in [9.17, 15) is 9.59 Å². The SMILES string of the molecule is O=C(NCc1cccc(CNC(=O)c2ccc(Br)cc2)c1)c1ccc(Br)cc1. The molecule has 0 atom stereocenters. The van der Waals surface area contributed by atoms with Gasteiger partial charge in [-0.25, -0.2) is 0 Å². The number of amides is 2. The van der Waals surface area contributed by atoms with Crippen LogP contribution in [0.15, 0.2) is 81.7 Å². The monoisotopic (exact) mass is 500 g/mol. The number of nitrogens with one attached hydrogen (secondary N) is 2. The van der Waals surface area contributed by atoms with E-state index in [1.54, 1.807) is 24.3 Å². The van der Waals surface area contributed by atoms with Crippen LogP contribution < -0.4 is 10.6 Å². The van der Waals surface area contributed by atoms with E-state index in [4.69, 9.17) is 0 Å². The summed E-state index contributed by atoms with van der Waals surface area (Å²) in [5, 5.41) is 5.82. The Hall–Kier alpha value is -2.44. The average Bonchev–Trinajstić information content (AvgIpc) is 2.71. The molecule has 3 aromatic rings. The van der Waals surface area contributed by atoms with Crippen LogP contribution in [-0.4, -0.2) is 11.8 Å². The Balaban J connectivity index is 1.54. The molecule has 0 radical (unpaired) electrons. The Morgan fingerprint density at radius 2 is 1.04 bits per heavy atom. The molecule has 142 valence electrons. The van der Waals surface area contributed by atoms with Crippen molar-refractivity contribution in [3.05, 3.63) is 104 Å². The summed E-state index contributed by atoms with van der Waals surface area (Å²) in [6.07, 6.45) is 0. The molecule has 3 aromatic carbocycles. The van der Waals surface area contributed by atoms with Crippen molar-refractivity contribution in [1.82, 2.24) is 10.6 Å². The first-order chi connectivity index (χ1) is 13.5. The van der Waals surface area contributed by atoms with Gasteiger partial charge in [-0.1, -0.05) is 56.1 Å². The van der Waals surface area contributed by atoms with Gasteiger partial charge >= 0.3 is 0 Å². The zero-order chi connectivity index (χ0) is 19.9. The van der Waals surface area contributed by atoms with E-state index < -0.39 is 0 Å². The molecule has 0 bridgehead atoms. The molecule has 0 aliphatic heterocycles. The van der Waals surface area contributed by atoms with Crippen molar-refractivity contribution in [3.8, 4) is 0 Å². The second kappa shape index (κ2) is 9.66. The van der Waals surface area contributed by atoms with Gasteiger partial charge in [-0.05, 0) is 59.7 Å². The Morgan fingerprint density at radius 1 is 0.643 bits per heavy atom. The quantitative estimate of drug-likeness (QED) is 0.495. The van der Waals surface area contributed by atoms with Crippen LogP contribution in [0.4, 0.5) is 0 Å². The Morgan fingerprint density at radius 3 is 1.43 bits per heavy atom. The third kappa shape index (κ3) is 5.78. The fourth-order valence-corrected chi connectivity index (χ4v) is 3.15. The average molecular weight is 502 g/mol. The van der Waals surface area contributed by atoms with Crippen molar-refractivity contribution >= 4 is 43.7 Å². The van der Waals surface area contributed by atoms with Crippen molar-refractivity contribution < 1.29 is 9.59 Å². The first kappa shape index (κ1) is 20.3. The summed E-state index contributed by atoms with van der Waals surface area (Å²) in [5.74, 6) is -0.247. The second-order valence-electron chi connectivity index (χ2n) is 6.20. The van der Waals surface area contributed by atoms with Gasteiger partial charge in [0, 0.05) is 33.2 Å². The van der Waals surface area contributed by atoms with Crippen molar-refractivity contribution in [2.75, 3.05) is 0 Å². The molecule has 0 aliphatic rings. The lowest BCUT2D eigenvalue weighted by atomic mass is 10.1. The topological polar surface area (TPSA) is 58.2 Å². The van der Waals surface area contributed by atoms with E-state index in [-0.39, 0.29) is 11.8 Å². The molecule has 2 amide bonds. The van der Waals surface area contributed by atoms with Gasteiger partial charge in [0.15, 0.2) is 0 Å². The third-order valence-electron chi connectivity index (χ3n) is 4.11. The normalized spacial score (nSPS) is 10.4. The van der Waals surface area contributed by atoms with Crippen LogP contribution in [0.3, 0.4) is 0 Å². The molecular formula is C22H18Br2N2O2. The molecule has 0 fully saturated rings. The van der Waals surface area contributed by atoms with Gasteiger partial charge in [0.05, 0.1) is 0 Å². The fourth-order valence-electron chi connectivity index (χ4n) is 2.62. The summed E-state index contributed by atoms with van der Waals surface area (Å²) in [4.78, 5) is 24.4. The maximum absolute atomic E-state index is 12.2. The van der Waals surface area contributed by atoms with Gasteiger partial charge in [-0.15, -0.1) is 0 Å². The standard InChI is InChI=1S/C22H18Br2N2O2/c23-19-8-4-17(5-9-19)21(27)25-13-15-2-1-3-16(12-15)14-26-22(28)18-6-10-20(24)11-7-18/h1-12H,13-14H2,(H,25,27)(H,26,28). The summed E-state index contributed by atoms with van der Waals surface area (Å²) < 4.78 is 1.86. The summed E-state index contributed by atoms with van der Waals surface area (Å²) in [6, 6.07) is 22.2. The zero-order valence-electron chi connectivity index (χ0n) is 14.9. The molecule has 3 rings (SSSR count). The Labute approximate surface area is 180 Å². The summed E-state index contributed by atoms with van der Waals surface area (Å²) >= 11 is 6.71. The van der Waals surface area contributed by atoms with Crippen molar-refractivity contribution in [2.24, 2.45) is 0 Å². The minimum absolute atomic E-state index is 0.124. The number of hydrogen-bond acceptors (Lipinski definition) is 2. The first-order valence-electron chi connectivity index (χ1n) is 8.66. The van der Waals surface area contributed by atoms with E-state index in [1.165, 1.54) is 0 Å². The highest BCUT2D eigenvalue weighted by molar-refractivity contribution is 9.10. The van der Waals surface area contributed by atoms with E-state index >= 15 is 0 Å². The molecule has 6 heteroatoms. The minimum atomic E-state index is -0.124. The minimum Gasteiger partial charge on any atom is -0.348 e. The van der Waals surface area contributed by atoms with Crippen LogP contribution in [0.1, 0.15) is 31.8 Å². The van der Waals surface area contributed by atoms with Gasteiger partial charge in [0.25, 0.3) is 11.8 Å². The number of hydrogen-bond donors (Lipinski definition) is 2. The van der Waals surface area contributed by atoms with Gasteiger partial charge in [0.1, 0.15) is 0 Å². The lowest BCUT2D eigenvalue weighted by Crippen LogP contribution is -2.24. The maximum atomic E-state index is 12.2. The molecule has 0 aliphatic carbocycles. The highest BCUT2D eigenvalue weighted by Crippen LogP contribution is 2.12. The van der Waals surface area contributed by atoms with Crippen LogP contribution in [0.5, 0.6) is 0 Å². The van der Waals surface area contributed by atoms with Crippen molar-refractivity contribution in [2.45, 2.75) is 13.1 Å². The molecule has 4 nitrogen and oxygen atoms in total.